The summed E-state index contributed by atoms with van der Waals surface area (Å²) in [7, 11) is 0. The zero-order valence-electron chi connectivity index (χ0n) is 17.0. The van der Waals surface area contributed by atoms with Gasteiger partial charge in [0.25, 0.3) is 0 Å². The monoisotopic (exact) mass is 373 g/mol. The van der Waals surface area contributed by atoms with E-state index in [0.29, 0.717) is 6.10 Å². The summed E-state index contributed by atoms with van der Waals surface area (Å²) in [4.78, 5) is 7.52. The predicted octanol–water partition coefficient (Wildman–Crippen LogP) is 3.20. The Bertz CT molecular complexity index is 576. The lowest BCUT2D eigenvalue weighted by molar-refractivity contribution is 0.0262. The van der Waals surface area contributed by atoms with Crippen molar-refractivity contribution >= 4 is 5.96 Å². The zero-order chi connectivity index (χ0) is 19.0. The van der Waals surface area contributed by atoms with Crippen molar-refractivity contribution in [1.29, 1.82) is 0 Å². The molecule has 0 spiro atoms. The van der Waals surface area contributed by atoms with Gasteiger partial charge in [-0.3, -0.25) is 4.99 Å². The quantitative estimate of drug-likeness (QED) is 0.614. The second kappa shape index (κ2) is 10.1. The van der Waals surface area contributed by atoms with E-state index in [-0.39, 0.29) is 5.41 Å². The van der Waals surface area contributed by atoms with E-state index in [0.717, 1.165) is 77.6 Å². The van der Waals surface area contributed by atoms with Crippen molar-refractivity contribution < 1.29 is 9.47 Å². The number of guanidine groups is 1. The maximum Gasteiger partial charge on any atom is 0.193 e. The number of likely N-dealkylation sites (tertiary alicyclic amines) is 1. The van der Waals surface area contributed by atoms with E-state index in [1.807, 2.05) is 0 Å². The van der Waals surface area contributed by atoms with Crippen LogP contribution in [0, 0.1) is 0 Å². The Kier molecular flexibility index (Phi) is 7.53. The highest BCUT2D eigenvalue weighted by Crippen LogP contribution is 2.35. The number of hydrogen-bond acceptors (Lipinski definition) is 3. The van der Waals surface area contributed by atoms with Crippen LogP contribution in [0.5, 0.6) is 0 Å². The summed E-state index contributed by atoms with van der Waals surface area (Å²) in [6.45, 7) is 10.4. The highest BCUT2D eigenvalue weighted by molar-refractivity contribution is 5.80. The van der Waals surface area contributed by atoms with Crippen LogP contribution in [0.15, 0.2) is 35.3 Å². The van der Waals surface area contributed by atoms with Crippen molar-refractivity contribution in [1.82, 2.24) is 10.2 Å². The lowest BCUT2D eigenvalue weighted by Gasteiger charge is -2.38. The van der Waals surface area contributed by atoms with Crippen LogP contribution in [0.3, 0.4) is 0 Å². The molecule has 0 bridgehead atoms. The molecule has 2 aliphatic heterocycles. The fourth-order valence-electron chi connectivity index (χ4n) is 4.21. The van der Waals surface area contributed by atoms with Crippen LogP contribution in [-0.4, -0.2) is 63.0 Å². The molecule has 1 N–H and O–H groups in total. The third kappa shape index (κ3) is 5.23. The Morgan fingerprint density at radius 2 is 1.89 bits per heavy atom. The van der Waals surface area contributed by atoms with Gasteiger partial charge in [0.1, 0.15) is 0 Å². The van der Waals surface area contributed by atoms with E-state index in [4.69, 9.17) is 14.5 Å². The molecule has 27 heavy (non-hydrogen) atoms. The van der Waals surface area contributed by atoms with E-state index < -0.39 is 0 Å². The molecule has 150 valence electrons. The largest absolute Gasteiger partial charge is 0.381 e. The molecule has 1 aromatic carbocycles. The van der Waals surface area contributed by atoms with Gasteiger partial charge in [0.05, 0.1) is 12.6 Å². The van der Waals surface area contributed by atoms with Crippen LogP contribution < -0.4 is 5.32 Å². The van der Waals surface area contributed by atoms with E-state index >= 15 is 0 Å². The maximum absolute atomic E-state index is 5.80. The smallest absolute Gasteiger partial charge is 0.193 e. The summed E-state index contributed by atoms with van der Waals surface area (Å²) >= 11 is 0. The van der Waals surface area contributed by atoms with Gasteiger partial charge < -0.3 is 19.7 Å². The minimum Gasteiger partial charge on any atom is -0.381 e. The molecule has 5 nitrogen and oxygen atoms in total. The van der Waals surface area contributed by atoms with Gasteiger partial charge >= 0.3 is 0 Å². The van der Waals surface area contributed by atoms with Crippen molar-refractivity contribution in [2.24, 2.45) is 4.99 Å². The first-order valence-electron chi connectivity index (χ1n) is 10.6. The Hall–Kier alpha value is -1.59. The van der Waals surface area contributed by atoms with E-state index in [2.05, 4.69) is 54.4 Å². The van der Waals surface area contributed by atoms with Gasteiger partial charge in [0.2, 0.25) is 0 Å². The molecule has 2 heterocycles. The van der Waals surface area contributed by atoms with Gasteiger partial charge in [-0.15, -0.1) is 0 Å². The number of hydrogen-bond donors (Lipinski definition) is 1. The fourth-order valence-corrected chi connectivity index (χ4v) is 4.21. The third-order valence-corrected chi connectivity index (χ3v) is 5.85. The first-order chi connectivity index (χ1) is 13.3. The predicted molar refractivity (Wildman–Crippen MR) is 110 cm³/mol. The molecule has 0 unspecified atom stereocenters. The number of nitrogens with zero attached hydrogens (tertiary/aromatic N) is 2. The molecular formula is C22H35N3O2. The molecule has 2 saturated heterocycles. The van der Waals surface area contributed by atoms with E-state index in [1.54, 1.807) is 0 Å². The molecule has 5 heteroatoms. The standard InChI is InChI=1S/C22H35N3O2/c1-3-23-21(25-14-10-20(11-15-25)27-4-2)24-18-22(12-16-26-17-13-22)19-8-6-5-7-9-19/h5-9,20H,3-4,10-18H2,1-2H3,(H,23,24). The summed E-state index contributed by atoms with van der Waals surface area (Å²) in [6, 6.07) is 10.9. The Labute approximate surface area is 164 Å². The Morgan fingerprint density at radius 1 is 1.19 bits per heavy atom. The average Bonchev–Trinajstić information content (AvgIpc) is 2.73. The van der Waals surface area contributed by atoms with Gasteiger partial charge in [0.15, 0.2) is 5.96 Å². The van der Waals surface area contributed by atoms with Crippen LogP contribution in [0.2, 0.25) is 0 Å². The van der Waals surface area contributed by atoms with Crippen molar-refractivity contribution in [3.8, 4) is 0 Å². The minimum atomic E-state index is 0.0871. The molecule has 0 saturated carbocycles. The fraction of sp³-hybridized carbons (Fsp3) is 0.682. The number of aliphatic imine (C=N–C) groups is 1. The number of benzene rings is 1. The van der Waals surface area contributed by atoms with Crippen LogP contribution >= 0.6 is 0 Å². The van der Waals surface area contributed by atoms with Crippen molar-refractivity contribution in [3.05, 3.63) is 35.9 Å². The topological polar surface area (TPSA) is 46.1 Å². The zero-order valence-corrected chi connectivity index (χ0v) is 17.0. The molecule has 0 aliphatic carbocycles. The normalized spacial score (nSPS) is 21.3. The van der Waals surface area contributed by atoms with Crippen LogP contribution in [0.1, 0.15) is 45.1 Å². The molecule has 1 aromatic rings. The Balaban J connectivity index is 1.72. The molecule has 2 fully saturated rings. The summed E-state index contributed by atoms with van der Waals surface area (Å²) < 4.78 is 11.5. The summed E-state index contributed by atoms with van der Waals surface area (Å²) in [5.74, 6) is 1.05. The number of nitrogens with one attached hydrogen (secondary N) is 1. The lowest BCUT2D eigenvalue weighted by Crippen LogP contribution is -2.48. The molecule has 2 aliphatic rings. The second-order valence-corrected chi connectivity index (χ2v) is 7.57. The summed E-state index contributed by atoms with van der Waals surface area (Å²) in [6.07, 6.45) is 4.63. The highest BCUT2D eigenvalue weighted by atomic mass is 16.5. The molecule has 0 aromatic heterocycles. The van der Waals surface area contributed by atoms with E-state index in [9.17, 15) is 0 Å². The van der Waals surface area contributed by atoms with Gasteiger partial charge in [-0.05, 0) is 45.1 Å². The molecule has 0 amide bonds. The number of rotatable bonds is 6. The number of piperidine rings is 1. The van der Waals surface area contributed by atoms with Crippen molar-refractivity contribution in [2.75, 3.05) is 46.0 Å². The molecule has 0 atom stereocenters. The van der Waals surface area contributed by atoms with Gasteiger partial charge in [0, 0.05) is 44.9 Å². The number of ether oxygens (including phenoxy) is 2. The second-order valence-electron chi connectivity index (χ2n) is 7.57. The summed E-state index contributed by atoms with van der Waals surface area (Å²) in [5.41, 5.74) is 1.48. The van der Waals surface area contributed by atoms with Crippen molar-refractivity contribution in [3.63, 3.8) is 0 Å². The molecule has 3 rings (SSSR count). The first kappa shape index (κ1) is 20.2. The first-order valence-corrected chi connectivity index (χ1v) is 10.6. The maximum atomic E-state index is 5.80. The van der Waals surface area contributed by atoms with Crippen LogP contribution in [0.4, 0.5) is 0 Å². The van der Waals surface area contributed by atoms with Gasteiger partial charge in [-0.2, -0.15) is 0 Å². The van der Waals surface area contributed by atoms with Crippen LogP contribution in [0.25, 0.3) is 0 Å². The van der Waals surface area contributed by atoms with E-state index in [1.165, 1.54) is 5.56 Å². The average molecular weight is 374 g/mol. The van der Waals surface area contributed by atoms with Gasteiger partial charge in [-0.1, -0.05) is 30.3 Å². The lowest BCUT2D eigenvalue weighted by atomic mass is 9.74. The minimum absolute atomic E-state index is 0.0871. The molecular weight excluding hydrogens is 338 g/mol. The Morgan fingerprint density at radius 3 is 2.52 bits per heavy atom. The van der Waals surface area contributed by atoms with Crippen molar-refractivity contribution in [2.45, 2.75) is 51.0 Å². The SMILES string of the molecule is CCNC(=NCC1(c2ccccc2)CCOCC1)N1CCC(OCC)CC1. The highest BCUT2D eigenvalue weighted by Gasteiger charge is 2.34. The third-order valence-electron chi connectivity index (χ3n) is 5.85. The summed E-state index contributed by atoms with van der Waals surface area (Å²) in [5, 5.41) is 3.51. The van der Waals surface area contributed by atoms with Crippen LogP contribution in [-0.2, 0) is 14.9 Å². The van der Waals surface area contributed by atoms with Gasteiger partial charge in [-0.25, -0.2) is 0 Å². The molecule has 0 radical (unpaired) electrons.